The minimum Gasteiger partial charge on any atom is -0.481 e. The largest absolute Gasteiger partial charge is 0.481 e. The first-order chi connectivity index (χ1) is 14.9. The summed E-state index contributed by atoms with van der Waals surface area (Å²) in [5, 5.41) is 15.7. The van der Waals surface area contributed by atoms with Crippen LogP contribution in [-0.2, 0) is 9.59 Å². The normalized spacial score (nSPS) is 18.5. The molecule has 0 radical (unpaired) electrons. The van der Waals surface area contributed by atoms with Crippen LogP contribution in [0.25, 0.3) is 11.0 Å². The topological polar surface area (TPSA) is 122 Å². The zero-order valence-corrected chi connectivity index (χ0v) is 17.2. The Morgan fingerprint density at radius 3 is 2.39 bits per heavy atom. The number of hydrogen-bond acceptors (Lipinski definition) is 5. The highest BCUT2D eigenvalue weighted by Crippen LogP contribution is 2.34. The van der Waals surface area contributed by atoms with E-state index >= 15 is 0 Å². The molecule has 1 saturated carbocycles. The van der Waals surface area contributed by atoms with Crippen LogP contribution in [0.1, 0.15) is 36.2 Å². The molecular weight excluding hydrogens is 422 g/mol. The van der Waals surface area contributed by atoms with E-state index < -0.39 is 17.8 Å². The third kappa shape index (κ3) is 4.54. The molecule has 3 aromatic rings. The lowest BCUT2D eigenvalue weighted by Crippen LogP contribution is -2.30. The number of carbonyl (C=O) groups excluding carboxylic acids is 2. The number of nitrogens with zero attached hydrogens (tertiary/aromatic N) is 1. The Balaban J connectivity index is 1.56. The second-order valence-corrected chi connectivity index (χ2v) is 7.93. The predicted octanol–water partition coefficient (Wildman–Crippen LogP) is 4.56. The average molecular weight is 442 g/mol. The molecule has 1 fully saturated rings. The van der Waals surface area contributed by atoms with E-state index in [4.69, 9.17) is 21.1 Å². The van der Waals surface area contributed by atoms with E-state index in [0.29, 0.717) is 47.5 Å². The number of halogens is 1. The number of pyridine rings is 1. The van der Waals surface area contributed by atoms with Crippen molar-refractivity contribution in [3.63, 3.8) is 0 Å². The number of anilines is 2. The molecule has 0 aliphatic heterocycles. The van der Waals surface area contributed by atoms with Gasteiger partial charge in [-0.15, -0.1) is 0 Å². The molecule has 1 aromatic carbocycles. The molecule has 0 bridgehead atoms. The van der Waals surface area contributed by atoms with Crippen LogP contribution in [0.2, 0.25) is 5.02 Å². The van der Waals surface area contributed by atoms with Gasteiger partial charge in [0, 0.05) is 17.5 Å². The number of fused-ring (bicyclic) bond motifs is 1. The van der Waals surface area contributed by atoms with Crippen LogP contribution in [0.15, 0.2) is 47.0 Å². The van der Waals surface area contributed by atoms with Crippen molar-refractivity contribution in [2.24, 2.45) is 11.8 Å². The smallest absolute Gasteiger partial charge is 0.306 e. The SMILES string of the molecule is O=C(Nc1ccc(Cl)cn1)c1oc2ccccc2c1NC(=O)C1CCC(C(=O)O)CC1. The minimum atomic E-state index is -0.825. The lowest BCUT2D eigenvalue weighted by molar-refractivity contribution is -0.143. The summed E-state index contributed by atoms with van der Waals surface area (Å²) < 4.78 is 5.74. The van der Waals surface area contributed by atoms with Gasteiger partial charge in [0.05, 0.1) is 10.9 Å². The summed E-state index contributed by atoms with van der Waals surface area (Å²) in [5.41, 5.74) is 0.744. The van der Waals surface area contributed by atoms with Crippen LogP contribution >= 0.6 is 11.6 Å². The molecule has 0 saturated heterocycles. The molecular formula is C22H20ClN3O5. The van der Waals surface area contributed by atoms with Crippen LogP contribution in [0.3, 0.4) is 0 Å². The van der Waals surface area contributed by atoms with Gasteiger partial charge in [-0.2, -0.15) is 0 Å². The highest BCUT2D eigenvalue weighted by Gasteiger charge is 2.31. The first-order valence-corrected chi connectivity index (χ1v) is 10.3. The van der Waals surface area contributed by atoms with Gasteiger partial charge in [-0.25, -0.2) is 4.98 Å². The number of benzene rings is 1. The third-order valence-corrected chi connectivity index (χ3v) is 5.69. The van der Waals surface area contributed by atoms with Crippen molar-refractivity contribution < 1.29 is 23.9 Å². The van der Waals surface area contributed by atoms with Crippen LogP contribution in [-0.4, -0.2) is 27.9 Å². The summed E-state index contributed by atoms with van der Waals surface area (Å²) in [6.45, 7) is 0. The van der Waals surface area contributed by atoms with Gasteiger partial charge < -0.3 is 20.2 Å². The first kappa shape index (κ1) is 20.9. The van der Waals surface area contributed by atoms with Crippen molar-refractivity contribution in [1.82, 2.24) is 4.98 Å². The van der Waals surface area contributed by atoms with Gasteiger partial charge in [-0.3, -0.25) is 14.4 Å². The number of hydrogen-bond donors (Lipinski definition) is 3. The summed E-state index contributed by atoms with van der Waals surface area (Å²) in [4.78, 5) is 41.0. The zero-order valence-electron chi connectivity index (χ0n) is 16.4. The van der Waals surface area contributed by atoms with Gasteiger partial charge in [-0.05, 0) is 49.9 Å². The number of carboxylic acid groups (broad SMARTS) is 1. The Hall–Kier alpha value is -3.39. The van der Waals surface area contributed by atoms with Crippen LogP contribution in [0.5, 0.6) is 0 Å². The molecule has 2 amide bonds. The molecule has 2 aromatic heterocycles. The quantitative estimate of drug-likeness (QED) is 0.533. The fourth-order valence-electron chi connectivity index (χ4n) is 3.78. The van der Waals surface area contributed by atoms with Crippen molar-refractivity contribution in [3.05, 3.63) is 53.4 Å². The summed E-state index contributed by atoms with van der Waals surface area (Å²) in [7, 11) is 0. The number of rotatable bonds is 5. The molecule has 0 atom stereocenters. The van der Waals surface area contributed by atoms with E-state index in [1.54, 1.807) is 36.4 Å². The van der Waals surface area contributed by atoms with Gasteiger partial charge in [0.2, 0.25) is 11.7 Å². The van der Waals surface area contributed by atoms with Crippen LogP contribution < -0.4 is 10.6 Å². The lowest BCUT2D eigenvalue weighted by Gasteiger charge is -2.25. The van der Waals surface area contributed by atoms with Gasteiger partial charge in [0.25, 0.3) is 5.91 Å². The Morgan fingerprint density at radius 1 is 1.00 bits per heavy atom. The van der Waals surface area contributed by atoms with E-state index in [1.165, 1.54) is 6.20 Å². The van der Waals surface area contributed by atoms with Gasteiger partial charge in [0.1, 0.15) is 17.1 Å². The summed E-state index contributed by atoms with van der Waals surface area (Å²) in [6, 6.07) is 10.2. The third-order valence-electron chi connectivity index (χ3n) is 5.47. The lowest BCUT2D eigenvalue weighted by atomic mass is 9.81. The predicted molar refractivity (Wildman–Crippen MR) is 115 cm³/mol. The number of para-hydroxylation sites is 1. The number of aliphatic carboxylic acids is 1. The Kier molecular flexibility index (Phi) is 5.90. The molecule has 31 heavy (non-hydrogen) atoms. The van der Waals surface area contributed by atoms with Crippen molar-refractivity contribution in [2.45, 2.75) is 25.7 Å². The van der Waals surface area contributed by atoms with Crippen molar-refractivity contribution >= 4 is 51.9 Å². The number of nitrogens with one attached hydrogen (secondary N) is 2. The Morgan fingerprint density at radius 2 is 1.71 bits per heavy atom. The molecule has 1 aliphatic rings. The molecule has 160 valence electrons. The van der Waals surface area contributed by atoms with Crippen molar-refractivity contribution in [1.29, 1.82) is 0 Å². The fourth-order valence-corrected chi connectivity index (χ4v) is 3.89. The zero-order chi connectivity index (χ0) is 22.0. The molecule has 4 rings (SSSR count). The standard InChI is InChI=1S/C22H20ClN3O5/c23-14-9-10-17(24-11-14)25-21(28)19-18(15-3-1-2-4-16(15)31-19)26-20(27)12-5-7-13(8-6-12)22(29)30/h1-4,9-13H,5-8H2,(H,26,27)(H,29,30)(H,24,25,28). The molecule has 0 unspecified atom stereocenters. The maximum Gasteiger partial charge on any atom is 0.306 e. The van der Waals surface area contributed by atoms with Gasteiger partial charge in [0.15, 0.2) is 0 Å². The fraction of sp³-hybridized carbons (Fsp3) is 0.273. The van der Waals surface area contributed by atoms with Crippen LogP contribution in [0, 0.1) is 11.8 Å². The Labute approximate surface area is 182 Å². The number of aromatic nitrogens is 1. The maximum absolute atomic E-state index is 12.9. The highest BCUT2D eigenvalue weighted by atomic mass is 35.5. The van der Waals surface area contributed by atoms with E-state index in [9.17, 15) is 14.4 Å². The van der Waals surface area contributed by atoms with E-state index in [-0.39, 0.29) is 23.3 Å². The molecule has 0 spiro atoms. The first-order valence-electron chi connectivity index (χ1n) is 9.90. The summed E-state index contributed by atoms with van der Waals surface area (Å²) >= 11 is 5.83. The van der Waals surface area contributed by atoms with E-state index in [1.807, 2.05) is 0 Å². The summed E-state index contributed by atoms with van der Waals surface area (Å²) in [5.74, 6) is -2.12. The van der Waals surface area contributed by atoms with Crippen molar-refractivity contribution in [3.8, 4) is 0 Å². The Bertz CT molecular complexity index is 1130. The van der Waals surface area contributed by atoms with E-state index in [0.717, 1.165) is 0 Å². The average Bonchev–Trinajstić information content (AvgIpc) is 3.14. The molecule has 2 heterocycles. The highest BCUT2D eigenvalue weighted by molar-refractivity contribution is 6.30. The maximum atomic E-state index is 12.9. The van der Waals surface area contributed by atoms with Crippen molar-refractivity contribution in [2.75, 3.05) is 10.6 Å². The van der Waals surface area contributed by atoms with Gasteiger partial charge >= 0.3 is 5.97 Å². The monoisotopic (exact) mass is 441 g/mol. The van der Waals surface area contributed by atoms with Crippen LogP contribution in [0.4, 0.5) is 11.5 Å². The molecule has 8 nitrogen and oxygen atoms in total. The number of carboxylic acids is 1. The molecule has 3 N–H and O–H groups in total. The number of carbonyl (C=O) groups is 3. The van der Waals surface area contributed by atoms with Gasteiger partial charge in [-0.1, -0.05) is 23.7 Å². The number of furan rings is 1. The molecule has 9 heteroatoms. The second kappa shape index (κ2) is 8.77. The van der Waals surface area contributed by atoms with E-state index in [2.05, 4.69) is 15.6 Å². The second-order valence-electron chi connectivity index (χ2n) is 7.49. The minimum absolute atomic E-state index is 0.0366. The molecule has 1 aliphatic carbocycles. The summed E-state index contributed by atoms with van der Waals surface area (Å²) in [6.07, 6.45) is 3.28. The number of amides is 2.